The maximum atomic E-state index is 13.3. The molecule has 0 bridgehead atoms. The molecule has 1 unspecified atom stereocenters. The van der Waals surface area contributed by atoms with Crippen molar-refractivity contribution in [1.29, 1.82) is 0 Å². The van der Waals surface area contributed by atoms with E-state index in [1.54, 1.807) is 6.07 Å². The van der Waals surface area contributed by atoms with Crippen molar-refractivity contribution >= 4 is 26.0 Å². The molecule has 2 aliphatic rings. The molecule has 2 heterocycles. The topological polar surface area (TPSA) is 228 Å². The lowest BCUT2D eigenvalue weighted by molar-refractivity contribution is -0.120. The van der Waals surface area contributed by atoms with Crippen molar-refractivity contribution in [3.05, 3.63) is 17.7 Å². The predicted octanol–water partition coefficient (Wildman–Crippen LogP) is -1.74. The van der Waals surface area contributed by atoms with Gasteiger partial charge in [0, 0.05) is 24.2 Å². The van der Waals surface area contributed by atoms with E-state index in [-0.39, 0.29) is 41.8 Å². The van der Waals surface area contributed by atoms with Gasteiger partial charge in [0.05, 0.1) is 6.54 Å². The average Bonchev–Trinajstić information content (AvgIpc) is 3.52. The molecule has 4 rings (SSSR count). The lowest BCUT2D eigenvalue weighted by atomic mass is 9.79. The number of hydrogen-bond acceptors (Lipinski definition) is 10. The number of aromatic nitrogens is 4. The molecule has 2 fully saturated rings. The number of carbonyl (C=O) groups is 1. The van der Waals surface area contributed by atoms with E-state index >= 15 is 0 Å². The summed E-state index contributed by atoms with van der Waals surface area (Å²) in [6.07, 6.45) is 3.25. The fourth-order valence-corrected chi connectivity index (χ4v) is 7.72. The quantitative estimate of drug-likeness (QED) is 0.227. The molecule has 192 valence electrons. The Labute approximate surface area is 203 Å². The Bertz CT molecular complexity index is 1280. The number of hydrogen-bond donors (Lipinski definition) is 6. The molecule has 16 heteroatoms. The van der Waals surface area contributed by atoms with Crippen molar-refractivity contribution in [3.63, 3.8) is 0 Å². The number of sulfonamides is 2. The summed E-state index contributed by atoms with van der Waals surface area (Å²) in [6, 6.07) is 2.28. The summed E-state index contributed by atoms with van der Waals surface area (Å²) < 4.78 is 54.8. The van der Waals surface area contributed by atoms with E-state index in [0.29, 0.717) is 37.9 Å². The molecule has 1 aliphatic carbocycles. The maximum Gasteiger partial charge on any atom is 0.242 e. The second-order valence-corrected chi connectivity index (χ2v) is 12.0. The molecule has 1 saturated heterocycles. The van der Waals surface area contributed by atoms with Crippen molar-refractivity contribution in [2.75, 3.05) is 19.6 Å². The average molecular weight is 528 g/mol. The van der Waals surface area contributed by atoms with Crippen LogP contribution in [0.1, 0.15) is 43.6 Å². The first-order chi connectivity index (χ1) is 16.6. The van der Waals surface area contributed by atoms with Gasteiger partial charge < -0.3 is 16.4 Å². The van der Waals surface area contributed by atoms with Crippen LogP contribution in [0.3, 0.4) is 0 Å². The number of rotatable bonds is 8. The number of nitrogens with two attached hydrogens (primary N) is 2. The number of nitrogens with zero attached hydrogens (tertiary/aromatic N) is 3. The van der Waals surface area contributed by atoms with Gasteiger partial charge in [0.2, 0.25) is 31.8 Å². The molecule has 14 nitrogen and oxygen atoms in total. The molecule has 8 N–H and O–H groups in total. The summed E-state index contributed by atoms with van der Waals surface area (Å²) in [4.78, 5) is 10.8. The van der Waals surface area contributed by atoms with Gasteiger partial charge in [0.15, 0.2) is 0 Å². The first-order valence-corrected chi connectivity index (χ1v) is 14.3. The van der Waals surface area contributed by atoms with Crippen molar-refractivity contribution in [2.24, 2.45) is 10.9 Å². The minimum absolute atomic E-state index is 0.00975. The van der Waals surface area contributed by atoms with Crippen LogP contribution in [0.4, 0.5) is 0 Å². The number of H-pyrrole nitrogens is 1. The molecule has 35 heavy (non-hydrogen) atoms. The van der Waals surface area contributed by atoms with E-state index in [2.05, 4.69) is 36.0 Å². The highest BCUT2D eigenvalue weighted by Gasteiger charge is 2.36. The van der Waals surface area contributed by atoms with Crippen LogP contribution in [-0.2, 0) is 24.8 Å². The fraction of sp³-hybridized carbons (Fsp3) is 0.579. The molecule has 2 aromatic rings. The number of primary sulfonamides is 1. The van der Waals surface area contributed by atoms with Crippen molar-refractivity contribution < 1.29 is 21.6 Å². The summed E-state index contributed by atoms with van der Waals surface area (Å²) in [5, 5.41) is 25.2. The first kappa shape index (κ1) is 25.6. The van der Waals surface area contributed by atoms with E-state index in [4.69, 9.17) is 10.9 Å². The molecule has 0 radical (unpaired) electrons. The van der Waals surface area contributed by atoms with Gasteiger partial charge in [-0.15, -0.1) is 10.2 Å². The zero-order valence-electron chi connectivity index (χ0n) is 18.9. The number of aromatic amines is 1. The Morgan fingerprint density at radius 2 is 1.94 bits per heavy atom. The second-order valence-electron chi connectivity index (χ2n) is 8.78. The van der Waals surface area contributed by atoms with Gasteiger partial charge in [-0.1, -0.05) is 12.5 Å². The third-order valence-electron chi connectivity index (χ3n) is 6.34. The Morgan fingerprint density at radius 3 is 2.57 bits per heavy atom. The van der Waals surface area contributed by atoms with Crippen LogP contribution in [0.15, 0.2) is 21.9 Å². The number of amides is 1. The summed E-state index contributed by atoms with van der Waals surface area (Å²) >= 11 is 0. The molecule has 1 aromatic heterocycles. The summed E-state index contributed by atoms with van der Waals surface area (Å²) in [6.45, 7) is 0.935. The zero-order valence-corrected chi connectivity index (χ0v) is 20.5. The molecule has 1 saturated carbocycles. The van der Waals surface area contributed by atoms with Gasteiger partial charge in [-0.05, 0) is 55.0 Å². The molecular formula is C19H29N9O5S2. The van der Waals surface area contributed by atoms with Crippen LogP contribution < -0.4 is 26.2 Å². The highest BCUT2D eigenvalue weighted by atomic mass is 32.2. The zero-order chi connectivity index (χ0) is 25.2. The summed E-state index contributed by atoms with van der Waals surface area (Å²) in [5.74, 6) is -0.588. The summed E-state index contributed by atoms with van der Waals surface area (Å²) in [7, 11) is -8.80. The van der Waals surface area contributed by atoms with Gasteiger partial charge in [0.1, 0.15) is 9.79 Å². The highest BCUT2D eigenvalue weighted by molar-refractivity contribution is 7.92. The molecule has 3 atom stereocenters. The van der Waals surface area contributed by atoms with Gasteiger partial charge in [-0.25, -0.2) is 26.7 Å². The monoisotopic (exact) mass is 527 g/mol. The number of nitrogens with one attached hydrogen (secondary N) is 4. The van der Waals surface area contributed by atoms with E-state index in [0.717, 1.165) is 12.8 Å². The second kappa shape index (κ2) is 10.2. The van der Waals surface area contributed by atoms with Crippen LogP contribution in [0.5, 0.6) is 0 Å². The normalized spacial score (nSPS) is 23.3. The van der Waals surface area contributed by atoms with Gasteiger partial charge in [-0.2, -0.15) is 5.21 Å². The largest absolute Gasteiger partial charge is 0.352 e. The van der Waals surface area contributed by atoms with Gasteiger partial charge in [-0.3, -0.25) is 4.79 Å². The van der Waals surface area contributed by atoms with E-state index in [1.807, 2.05) is 0 Å². The lowest BCUT2D eigenvalue weighted by Crippen LogP contribution is -2.41. The minimum atomic E-state index is -4.55. The Morgan fingerprint density at radius 1 is 1.14 bits per heavy atom. The Balaban J connectivity index is 1.84. The molecular weight excluding hydrogens is 498 g/mol. The standard InChI is InChI=1S/C19H29N9O5S2/c20-9-16(29)23-12-3-1-2-11(8-12)14-4-5-15(35(32,33)26-13-6-7-22-10-13)18(34(21,30)31)17(14)19-24-27-28-25-19/h4-5,11-13,22,26H,1-3,6-10,20H2,(H,23,29)(H2,21,30,31)(H,24,25,27,28)/t11-,12?,13-/m1/s1. The van der Waals surface area contributed by atoms with Crippen molar-refractivity contribution in [3.8, 4) is 11.4 Å². The van der Waals surface area contributed by atoms with E-state index in [9.17, 15) is 21.6 Å². The SMILES string of the molecule is NCC(=O)NC1CCC[C@@H](c2ccc(S(=O)(=O)N[C@@H]3CCNC3)c(S(N)(=O)=O)c2-c2nn[nH]n2)C1. The van der Waals surface area contributed by atoms with Crippen molar-refractivity contribution in [1.82, 2.24) is 36.0 Å². The molecule has 1 aliphatic heterocycles. The van der Waals surface area contributed by atoms with Gasteiger partial charge >= 0.3 is 0 Å². The first-order valence-electron chi connectivity index (χ1n) is 11.3. The maximum absolute atomic E-state index is 13.3. The minimum Gasteiger partial charge on any atom is -0.352 e. The van der Waals surface area contributed by atoms with E-state index in [1.165, 1.54) is 6.07 Å². The number of benzene rings is 1. The van der Waals surface area contributed by atoms with Crippen LogP contribution in [-0.4, -0.2) is 75.1 Å². The smallest absolute Gasteiger partial charge is 0.242 e. The highest BCUT2D eigenvalue weighted by Crippen LogP contribution is 2.42. The third-order valence-corrected chi connectivity index (χ3v) is 9.03. The molecule has 1 aromatic carbocycles. The Hall–Kier alpha value is -2.50. The van der Waals surface area contributed by atoms with Crippen LogP contribution >= 0.6 is 0 Å². The lowest BCUT2D eigenvalue weighted by Gasteiger charge is -2.31. The van der Waals surface area contributed by atoms with Crippen LogP contribution in [0, 0.1) is 0 Å². The predicted molar refractivity (Wildman–Crippen MR) is 125 cm³/mol. The van der Waals surface area contributed by atoms with Crippen LogP contribution in [0.2, 0.25) is 0 Å². The summed E-state index contributed by atoms with van der Waals surface area (Å²) in [5.41, 5.74) is 5.93. The third kappa shape index (κ3) is 5.68. The van der Waals surface area contributed by atoms with Gasteiger partial charge in [0.25, 0.3) is 0 Å². The molecule has 0 spiro atoms. The van der Waals surface area contributed by atoms with Crippen LogP contribution in [0.25, 0.3) is 11.4 Å². The number of carbonyl (C=O) groups excluding carboxylic acids is 1. The molecule has 1 amide bonds. The number of tetrazole rings is 1. The Kier molecular flexibility index (Phi) is 7.48. The fourth-order valence-electron chi connectivity index (χ4n) is 4.84. The van der Waals surface area contributed by atoms with E-state index < -0.39 is 29.8 Å². The van der Waals surface area contributed by atoms with Crippen molar-refractivity contribution in [2.45, 2.75) is 59.9 Å².